The molecule has 116 valence electrons. The highest BCUT2D eigenvalue weighted by molar-refractivity contribution is 6.30. The number of hydrogen-bond acceptors (Lipinski definition) is 6. The Balaban J connectivity index is 1.70. The lowest BCUT2D eigenvalue weighted by Gasteiger charge is -2.15. The summed E-state index contributed by atoms with van der Waals surface area (Å²) in [5, 5.41) is 7.02. The van der Waals surface area contributed by atoms with Gasteiger partial charge in [-0.05, 0) is 31.0 Å². The molecule has 0 amide bonds. The Labute approximate surface area is 134 Å². The Morgan fingerprint density at radius 2 is 2.18 bits per heavy atom. The number of nitrogen functional groups attached to an aromatic ring is 1. The van der Waals surface area contributed by atoms with E-state index in [0.29, 0.717) is 28.9 Å². The van der Waals surface area contributed by atoms with Crippen molar-refractivity contribution in [3.8, 4) is 0 Å². The number of nitrogens with two attached hydrogens (primary N) is 1. The van der Waals surface area contributed by atoms with Crippen LogP contribution in [0.4, 0.5) is 23.0 Å². The molecule has 0 bridgehead atoms. The van der Waals surface area contributed by atoms with E-state index in [1.165, 1.54) is 6.33 Å². The molecule has 2 aromatic rings. The summed E-state index contributed by atoms with van der Waals surface area (Å²) >= 11 is 5.97. The van der Waals surface area contributed by atoms with E-state index >= 15 is 0 Å². The van der Waals surface area contributed by atoms with Crippen LogP contribution in [-0.4, -0.2) is 29.2 Å². The van der Waals surface area contributed by atoms with Gasteiger partial charge in [-0.1, -0.05) is 17.7 Å². The first-order valence-corrected chi connectivity index (χ1v) is 7.59. The average Bonchev–Trinajstić information content (AvgIpc) is 3.02. The molecule has 0 spiro atoms. The van der Waals surface area contributed by atoms with Crippen molar-refractivity contribution in [1.29, 1.82) is 0 Å². The second-order valence-electron chi connectivity index (χ2n) is 5.14. The summed E-state index contributed by atoms with van der Waals surface area (Å²) in [7, 11) is 0. The van der Waals surface area contributed by atoms with Gasteiger partial charge < -0.3 is 21.1 Å². The van der Waals surface area contributed by atoms with Gasteiger partial charge in [0.05, 0.1) is 6.10 Å². The van der Waals surface area contributed by atoms with Crippen LogP contribution in [0, 0.1) is 0 Å². The highest BCUT2D eigenvalue weighted by Gasteiger charge is 2.16. The summed E-state index contributed by atoms with van der Waals surface area (Å²) in [6, 6.07) is 7.37. The van der Waals surface area contributed by atoms with Gasteiger partial charge >= 0.3 is 0 Å². The number of hydrogen-bond donors (Lipinski definition) is 3. The van der Waals surface area contributed by atoms with Gasteiger partial charge in [0.15, 0.2) is 11.6 Å². The number of nitrogens with zero attached hydrogens (tertiary/aromatic N) is 2. The third-order valence-corrected chi connectivity index (χ3v) is 3.73. The number of ether oxygens (including phenoxy) is 1. The highest BCUT2D eigenvalue weighted by atomic mass is 35.5. The van der Waals surface area contributed by atoms with Crippen molar-refractivity contribution in [2.75, 3.05) is 29.5 Å². The van der Waals surface area contributed by atoms with Gasteiger partial charge in [0, 0.05) is 23.9 Å². The second-order valence-corrected chi connectivity index (χ2v) is 5.57. The minimum Gasteiger partial charge on any atom is -0.393 e. The molecule has 0 radical (unpaired) electrons. The van der Waals surface area contributed by atoms with E-state index in [1.807, 2.05) is 24.3 Å². The Morgan fingerprint density at radius 3 is 2.95 bits per heavy atom. The smallest absolute Gasteiger partial charge is 0.159 e. The number of rotatable bonds is 5. The third kappa shape index (κ3) is 3.58. The first-order chi connectivity index (χ1) is 10.7. The number of nitrogens with one attached hydrogen (secondary N) is 2. The predicted octanol–water partition coefficient (Wildman–Crippen LogP) is 3.05. The van der Waals surface area contributed by atoms with Crippen molar-refractivity contribution in [3.63, 3.8) is 0 Å². The van der Waals surface area contributed by atoms with Crippen LogP contribution in [-0.2, 0) is 4.74 Å². The maximum Gasteiger partial charge on any atom is 0.159 e. The quantitative estimate of drug-likeness (QED) is 0.785. The van der Waals surface area contributed by atoms with Crippen LogP contribution in [0.5, 0.6) is 0 Å². The molecule has 22 heavy (non-hydrogen) atoms. The molecule has 1 aromatic heterocycles. The zero-order valence-electron chi connectivity index (χ0n) is 12.1. The van der Waals surface area contributed by atoms with Gasteiger partial charge in [0.2, 0.25) is 0 Å². The summed E-state index contributed by atoms with van der Waals surface area (Å²) in [6.45, 7) is 1.52. The number of halogens is 1. The molecule has 1 unspecified atom stereocenters. The van der Waals surface area contributed by atoms with Crippen LogP contribution < -0.4 is 16.4 Å². The van der Waals surface area contributed by atoms with Gasteiger partial charge in [-0.25, -0.2) is 9.97 Å². The van der Waals surface area contributed by atoms with Crippen LogP contribution in [0.15, 0.2) is 30.6 Å². The standard InChI is InChI=1S/C15H18ClN5O/c16-10-3-1-4-11(7-10)21-15-13(17)14(19-9-20-15)18-8-12-5-2-6-22-12/h1,3-4,7,9,12H,2,5-6,8,17H2,(H2,18,19,20,21). The van der Waals surface area contributed by atoms with Crippen LogP contribution in [0.25, 0.3) is 0 Å². The van der Waals surface area contributed by atoms with E-state index in [4.69, 9.17) is 22.1 Å². The Hall–Kier alpha value is -2.05. The SMILES string of the molecule is Nc1c(NCC2CCCO2)ncnc1Nc1cccc(Cl)c1. The largest absolute Gasteiger partial charge is 0.393 e. The lowest BCUT2D eigenvalue weighted by molar-refractivity contribution is 0.120. The van der Waals surface area contributed by atoms with E-state index in [2.05, 4.69) is 20.6 Å². The van der Waals surface area contributed by atoms with Crippen molar-refractivity contribution in [3.05, 3.63) is 35.6 Å². The Morgan fingerprint density at radius 1 is 1.32 bits per heavy atom. The first-order valence-electron chi connectivity index (χ1n) is 7.21. The van der Waals surface area contributed by atoms with Crippen LogP contribution >= 0.6 is 11.6 Å². The number of anilines is 4. The van der Waals surface area contributed by atoms with Crippen LogP contribution in [0.2, 0.25) is 5.02 Å². The summed E-state index contributed by atoms with van der Waals surface area (Å²) < 4.78 is 5.58. The molecular weight excluding hydrogens is 302 g/mol. The summed E-state index contributed by atoms with van der Waals surface area (Å²) in [6.07, 6.45) is 3.86. The molecule has 0 saturated carbocycles. The number of benzene rings is 1. The Kier molecular flexibility index (Phi) is 4.60. The predicted molar refractivity (Wildman–Crippen MR) is 88.6 cm³/mol. The maximum atomic E-state index is 6.13. The maximum absolute atomic E-state index is 6.13. The fraction of sp³-hybridized carbons (Fsp3) is 0.333. The molecule has 1 aliphatic heterocycles. The van der Waals surface area contributed by atoms with Crippen molar-refractivity contribution >= 4 is 34.6 Å². The third-order valence-electron chi connectivity index (χ3n) is 3.49. The monoisotopic (exact) mass is 319 g/mol. The van der Waals surface area contributed by atoms with E-state index in [9.17, 15) is 0 Å². The highest BCUT2D eigenvalue weighted by Crippen LogP contribution is 2.27. The van der Waals surface area contributed by atoms with Gasteiger partial charge in [0.25, 0.3) is 0 Å². The van der Waals surface area contributed by atoms with Crippen molar-refractivity contribution in [1.82, 2.24) is 9.97 Å². The Bertz CT molecular complexity index is 646. The van der Waals surface area contributed by atoms with E-state index < -0.39 is 0 Å². The van der Waals surface area contributed by atoms with Gasteiger partial charge in [0.1, 0.15) is 12.0 Å². The van der Waals surface area contributed by atoms with Crippen molar-refractivity contribution in [2.45, 2.75) is 18.9 Å². The molecule has 0 aliphatic carbocycles. The summed E-state index contributed by atoms with van der Waals surface area (Å²) in [4.78, 5) is 8.37. The van der Waals surface area contributed by atoms with E-state index in [-0.39, 0.29) is 6.10 Å². The average molecular weight is 320 g/mol. The van der Waals surface area contributed by atoms with E-state index in [0.717, 1.165) is 25.1 Å². The lowest BCUT2D eigenvalue weighted by atomic mass is 10.2. The minimum absolute atomic E-state index is 0.221. The summed E-state index contributed by atoms with van der Waals surface area (Å²) in [5.41, 5.74) is 7.43. The van der Waals surface area contributed by atoms with Gasteiger partial charge in [-0.3, -0.25) is 0 Å². The first kappa shape index (κ1) is 14.9. The molecule has 1 fully saturated rings. The molecule has 1 saturated heterocycles. The van der Waals surface area contributed by atoms with Crippen molar-refractivity contribution < 1.29 is 4.74 Å². The fourth-order valence-corrected chi connectivity index (χ4v) is 2.55. The van der Waals surface area contributed by atoms with E-state index in [1.54, 1.807) is 0 Å². The molecule has 1 aromatic carbocycles. The minimum atomic E-state index is 0.221. The zero-order chi connectivity index (χ0) is 15.4. The zero-order valence-corrected chi connectivity index (χ0v) is 12.8. The topological polar surface area (TPSA) is 85.1 Å². The molecule has 6 nitrogen and oxygen atoms in total. The second kappa shape index (κ2) is 6.81. The molecular formula is C15H18ClN5O. The molecule has 1 atom stereocenters. The van der Waals surface area contributed by atoms with Gasteiger partial charge in [-0.2, -0.15) is 0 Å². The lowest BCUT2D eigenvalue weighted by Crippen LogP contribution is -2.20. The summed E-state index contributed by atoms with van der Waals surface area (Å²) in [5.74, 6) is 1.15. The normalized spacial score (nSPS) is 17.4. The molecule has 7 heteroatoms. The van der Waals surface area contributed by atoms with Crippen molar-refractivity contribution in [2.24, 2.45) is 0 Å². The molecule has 4 N–H and O–H groups in total. The van der Waals surface area contributed by atoms with Crippen LogP contribution in [0.1, 0.15) is 12.8 Å². The van der Waals surface area contributed by atoms with Gasteiger partial charge in [-0.15, -0.1) is 0 Å². The molecule has 2 heterocycles. The van der Waals surface area contributed by atoms with Crippen LogP contribution in [0.3, 0.4) is 0 Å². The molecule has 1 aliphatic rings. The molecule has 3 rings (SSSR count). The number of aromatic nitrogens is 2. The fourth-order valence-electron chi connectivity index (χ4n) is 2.35.